The van der Waals surface area contributed by atoms with E-state index in [4.69, 9.17) is 28.4 Å². The predicted molar refractivity (Wildman–Crippen MR) is 246 cm³/mol. The highest BCUT2D eigenvalue weighted by Crippen LogP contribution is 2.25. The molecule has 0 fully saturated rings. The van der Waals surface area contributed by atoms with Crippen molar-refractivity contribution >= 4 is 18.1 Å². The minimum Gasteiger partial charge on any atom is -0.466 e. The van der Waals surface area contributed by atoms with E-state index in [1.807, 2.05) is 6.92 Å². The quantitative estimate of drug-likeness (QED) is 0.0193. The lowest BCUT2D eigenvalue weighted by Gasteiger charge is -2.26. The van der Waals surface area contributed by atoms with Crippen molar-refractivity contribution in [1.82, 2.24) is 4.90 Å². The van der Waals surface area contributed by atoms with E-state index in [1.54, 1.807) is 0 Å². The number of carbonyl (C=O) groups is 3. The second-order valence-electron chi connectivity index (χ2n) is 16.2. The maximum Gasteiger partial charge on any atom is 0.511 e. The van der Waals surface area contributed by atoms with Crippen LogP contribution in [0.1, 0.15) is 215 Å². The second kappa shape index (κ2) is 44.6. The number of allylic oxidation sites excluding steroid dienone is 4. The van der Waals surface area contributed by atoms with E-state index < -0.39 is 36.6 Å². The summed E-state index contributed by atoms with van der Waals surface area (Å²) in [5.41, 5.74) is 0. The smallest absolute Gasteiger partial charge is 0.466 e. The molecule has 0 aliphatic heterocycles. The molecular weight excluding hydrogens is 759 g/mol. The molecule has 0 heterocycles. The highest BCUT2D eigenvalue weighted by molar-refractivity contribution is 5.71. The summed E-state index contributed by atoms with van der Waals surface area (Å²) < 4.78 is 34.9. The number of nitrogens with zero attached hydrogens (tertiary/aromatic N) is 1. The first-order valence-electron chi connectivity index (χ1n) is 24.8. The average molecular weight is 852 g/mol. The van der Waals surface area contributed by atoms with Crippen LogP contribution in [0, 0.1) is 5.92 Å². The van der Waals surface area contributed by atoms with Gasteiger partial charge in [-0.25, -0.2) is 4.79 Å². The molecule has 10 heteroatoms. The minimum atomic E-state index is -1.29. The van der Waals surface area contributed by atoms with Crippen LogP contribution < -0.4 is 0 Å². The largest absolute Gasteiger partial charge is 0.511 e. The van der Waals surface area contributed by atoms with Gasteiger partial charge in [0.25, 0.3) is 6.29 Å². The van der Waals surface area contributed by atoms with Crippen LogP contribution in [-0.4, -0.2) is 81.6 Å². The lowest BCUT2D eigenvalue weighted by molar-refractivity contribution is -0.189. The SMILES string of the molecule is CCCCC/C=C\C/C=C\CCCCCC(CC(=O)OCCC)C(OC(=O)CCC(OCCCCCCCC)OCCCCCCCC)OC(=O)OCCCN(CC)CC. The fraction of sp³-hybridized carbons (Fsp3) is 0.860. The molecule has 0 aliphatic carbocycles. The van der Waals surface area contributed by atoms with Gasteiger partial charge in [0.15, 0.2) is 6.29 Å². The first-order chi connectivity index (χ1) is 29.3. The van der Waals surface area contributed by atoms with E-state index in [-0.39, 0.29) is 19.4 Å². The first kappa shape index (κ1) is 57.6. The average Bonchev–Trinajstić information content (AvgIpc) is 3.24. The molecule has 352 valence electrons. The Hall–Kier alpha value is -2.43. The molecule has 0 radical (unpaired) electrons. The maximum atomic E-state index is 13.5. The van der Waals surface area contributed by atoms with Crippen LogP contribution in [0.3, 0.4) is 0 Å². The Morgan fingerprint density at radius 2 is 1.05 bits per heavy atom. The van der Waals surface area contributed by atoms with E-state index in [0.29, 0.717) is 45.5 Å². The lowest BCUT2D eigenvalue weighted by atomic mass is 9.96. The highest BCUT2D eigenvalue weighted by atomic mass is 16.8. The Kier molecular flexibility index (Phi) is 42.8. The van der Waals surface area contributed by atoms with Gasteiger partial charge in [0, 0.05) is 32.1 Å². The molecule has 60 heavy (non-hydrogen) atoms. The summed E-state index contributed by atoms with van der Waals surface area (Å²) in [6.45, 7) is 17.0. The van der Waals surface area contributed by atoms with Crippen LogP contribution in [0.15, 0.2) is 24.3 Å². The summed E-state index contributed by atoms with van der Waals surface area (Å²) in [6.07, 6.45) is 31.7. The van der Waals surface area contributed by atoms with Crippen LogP contribution in [0.25, 0.3) is 0 Å². The summed E-state index contributed by atoms with van der Waals surface area (Å²) in [7, 11) is 0. The molecule has 0 aromatic heterocycles. The van der Waals surface area contributed by atoms with Crippen LogP contribution in [0.5, 0.6) is 0 Å². The highest BCUT2D eigenvalue weighted by Gasteiger charge is 2.32. The summed E-state index contributed by atoms with van der Waals surface area (Å²) in [5.74, 6) is -1.53. The number of carbonyl (C=O) groups excluding carboxylic acids is 3. The predicted octanol–water partition coefficient (Wildman–Crippen LogP) is 13.6. The molecule has 0 amide bonds. The van der Waals surface area contributed by atoms with Crippen molar-refractivity contribution in [3.63, 3.8) is 0 Å². The standard InChI is InChI=1S/C50H93NO9/c1-7-13-16-19-22-23-24-25-26-27-28-29-32-36-45(44-47(53)55-40-10-4)49(60-50(54)58-43-35-39-51(11-5)12-6)59-46(52)37-38-48(56-41-33-30-20-17-14-8-2)57-42-34-31-21-18-15-9-3/h22-23,25-26,45,48-49H,7-21,24,27-44H2,1-6H3/b23-22-,26-25-. The fourth-order valence-electron chi connectivity index (χ4n) is 6.85. The Bertz CT molecular complexity index is 1010. The normalized spacial score (nSPS) is 12.8. The van der Waals surface area contributed by atoms with E-state index in [2.05, 4.69) is 63.8 Å². The number of hydrogen-bond acceptors (Lipinski definition) is 10. The van der Waals surface area contributed by atoms with Gasteiger partial charge in [-0.15, -0.1) is 0 Å². The zero-order valence-corrected chi connectivity index (χ0v) is 39.7. The molecule has 0 aliphatic rings. The van der Waals surface area contributed by atoms with Gasteiger partial charge in [-0.1, -0.05) is 156 Å². The third kappa shape index (κ3) is 37.3. The molecule has 2 unspecified atom stereocenters. The molecule has 10 nitrogen and oxygen atoms in total. The van der Waals surface area contributed by atoms with E-state index in [0.717, 1.165) is 83.8 Å². The van der Waals surface area contributed by atoms with Gasteiger partial charge in [-0.2, -0.15) is 0 Å². The molecular formula is C50H93NO9. The molecule has 0 saturated heterocycles. The van der Waals surface area contributed by atoms with E-state index in [9.17, 15) is 14.4 Å². The number of ether oxygens (including phenoxy) is 6. The summed E-state index contributed by atoms with van der Waals surface area (Å²) in [5, 5.41) is 0. The van der Waals surface area contributed by atoms with E-state index in [1.165, 1.54) is 70.6 Å². The van der Waals surface area contributed by atoms with Crippen molar-refractivity contribution in [1.29, 1.82) is 0 Å². The zero-order valence-electron chi connectivity index (χ0n) is 39.7. The maximum absolute atomic E-state index is 13.5. The van der Waals surface area contributed by atoms with Crippen molar-refractivity contribution < 1.29 is 42.8 Å². The number of esters is 2. The Balaban J connectivity index is 5.67. The van der Waals surface area contributed by atoms with Crippen molar-refractivity contribution in [2.45, 2.75) is 227 Å². The Morgan fingerprint density at radius 3 is 1.63 bits per heavy atom. The minimum absolute atomic E-state index is 0.0176. The van der Waals surface area contributed by atoms with Crippen molar-refractivity contribution in [2.24, 2.45) is 5.92 Å². The Morgan fingerprint density at radius 1 is 0.500 bits per heavy atom. The summed E-state index contributed by atoms with van der Waals surface area (Å²) >= 11 is 0. The monoisotopic (exact) mass is 852 g/mol. The van der Waals surface area contributed by atoms with E-state index >= 15 is 0 Å². The molecule has 2 atom stereocenters. The molecule has 0 aromatic carbocycles. The van der Waals surface area contributed by atoms with Gasteiger partial charge in [0.05, 0.1) is 26.1 Å². The van der Waals surface area contributed by atoms with Crippen LogP contribution in [0.2, 0.25) is 0 Å². The number of rotatable bonds is 44. The molecule has 0 spiro atoms. The van der Waals surface area contributed by atoms with Crippen LogP contribution in [0.4, 0.5) is 4.79 Å². The topological polar surface area (TPSA) is 110 Å². The molecule has 0 rings (SSSR count). The molecule has 0 aromatic rings. The third-order valence-corrected chi connectivity index (χ3v) is 10.7. The fourth-order valence-corrected chi connectivity index (χ4v) is 6.85. The van der Waals surface area contributed by atoms with Gasteiger partial charge in [0.2, 0.25) is 0 Å². The molecule has 0 bridgehead atoms. The lowest BCUT2D eigenvalue weighted by Crippen LogP contribution is -2.34. The van der Waals surface area contributed by atoms with Crippen molar-refractivity contribution in [2.75, 3.05) is 46.1 Å². The third-order valence-electron chi connectivity index (χ3n) is 10.7. The molecule has 0 saturated carbocycles. The Labute approximate surface area is 368 Å². The van der Waals surface area contributed by atoms with Gasteiger partial charge >= 0.3 is 18.1 Å². The van der Waals surface area contributed by atoms with Crippen LogP contribution >= 0.6 is 0 Å². The number of hydrogen-bond donors (Lipinski definition) is 0. The second-order valence-corrected chi connectivity index (χ2v) is 16.2. The van der Waals surface area contributed by atoms with Crippen molar-refractivity contribution in [3.05, 3.63) is 24.3 Å². The first-order valence-corrected chi connectivity index (χ1v) is 24.8. The van der Waals surface area contributed by atoms with Gasteiger partial charge in [-0.05, 0) is 77.3 Å². The number of unbranched alkanes of at least 4 members (excludes halogenated alkanes) is 16. The van der Waals surface area contributed by atoms with Crippen molar-refractivity contribution in [3.8, 4) is 0 Å². The molecule has 0 N–H and O–H groups in total. The van der Waals surface area contributed by atoms with Gasteiger partial charge < -0.3 is 33.3 Å². The van der Waals surface area contributed by atoms with Gasteiger partial charge in [0.1, 0.15) is 0 Å². The zero-order chi connectivity index (χ0) is 44.2. The summed E-state index contributed by atoms with van der Waals surface area (Å²) in [4.78, 5) is 41.9. The van der Waals surface area contributed by atoms with Crippen LogP contribution in [-0.2, 0) is 38.0 Å². The summed E-state index contributed by atoms with van der Waals surface area (Å²) in [6, 6.07) is 0. The van der Waals surface area contributed by atoms with Gasteiger partial charge in [-0.3, -0.25) is 9.59 Å².